The molecule has 0 atom stereocenters. The van der Waals surface area contributed by atoms with Crippen LogP contribution in [0.2, 0.25) is 0 Å². The lowest BCUT2D eigenvalue weighted by Gasteiger charge is -1.76. The Morgan fingerprint density at radius 3 is 2.20 bits per heavy atom. The zero-order valence-electron chi connectivity index (χ0n) is 3.56. The van der Waals surface area contributed by atoms with Gasteiger partial charge in [0.1, 0.15) is 0 Å². The quantitative estimate of drug-likeness (QED) is 0.422. The van der Waals surface area contributed by atoms with E-state index in [1.807, 2.05) is 13.0 Å². The molecule has 0 N–H and O–H groups in total. The summed E-state index contributed by atoms with van der Waals surface area (Å²) < 4.78 is 4.51. The van der Waals surface area contributed by atoms with Gasteiger partial charge < -0.3 is 4.74 Å². The summed E-state index contributed by atoms with van der Waals surface area (Å²) in [5.74, 6) is 0. The highest BCUT2D eigenvalue weighted by Crippen LogP contribution is 1.64. The highest BCUT2D eigenvalue weighted by atomic mass is 16.5. The summed E-state index contributed by atoms with van der Waals surface area (Å²) in [6.45, 7) is 1.91. The number of hydrogen-bond donors (Lipinski definition) is 0. The summed E-state index contributed by atoms with van der Waals surface area (Å²) in [4.78, 5) is 0. The van der Waals surface area contributed by atoms with Gasteiger partial charge in [-0.25, -0.2) is 0 Å². The van der Waals surface area contributed by atoms with Crippen molar-refractivity contribution in [2.45, 2.75) is 6.92 Å². The van der Waals surface area contributed by atoms with E-state index < -0.39 is 0 Å². The second-order valence-electron chi connectivity index (χ2n) is 0.705. The van der Waals surface area contributed by atoms with E-state index in [1.54, 1.807) is 13.4 Å². The first-order valence-corrected chi connectivity index (χ1v) is 1.55. The van der Waals surface area contributed by atoms with Crippen molar-refractivity contribution in [1.29, 1.82) is 0 Å². The molecular formula is C4H8O. The molecule has 0 aliphatic carbocycles. The van der Waals surface area contributed by atoms with Crippen molar-refractivity contribution in [1.82, 2.24) is 0 Å². The summed E-state index contributed by atoms with van der Waals surface area (Å²) in [5.41, 5.74) is 0. The molecular weight excluding hydrogens is 64.0 g/mol. The molecule has 0 unspecified atom stereocenters. The molecule has 0 amide bonds. The fourth-order valence-electron chi connectivity index (χ4n) is 0.136. The minimum atomic E-state index is 1.62. The third-order valence-corrected chi connectivity index (χ3v) is 0.272. The molecule has 0 fully saturated rings. The number of rotatable bonds is 1. The molecule has 0 aliphatic rings. The highest BCUT2D eigenvalue weighted by molar-refractivity contribution is 4.63. The predicted molar refractivity (Wildman–Crippen MR) is 21.8 cm³/mol. The fraction of sp³-hybridized carbons (Fsp3) is 0.500. The van der Waals surface area contributed by atoms with E-state index in [0.717, 1.165) is 0 Å². The monoisotopic (exact) mass is 72.1 g/mol. The maximum absolute atomic E-state index is 4.51. The Kier molecular flexibility index (Phi) is 3.21. The molecule has 0 bridgehead atoms. The van der Waals surface area contributed by atoms with Crippen LogP contribution in [-0.4, -0.2) is 7.11 Å². The molecule has 0 aromatic heterocycles. The molecule has 30 valence electrons. The normalized spacial score (nSPS) is 9.20. The van der Waals surface area contributed by atoms with Gasteiger partial charge in [0.2, 0.25) is 0 Å². The molecule has 0 aliphatic heterocycles. The van der Waals surface area contributed by atoms with Gasteiger partial charge in [0.25, 0.3) is 0 Å². The Morgan fingerprint density at radius 2 is 2.20 bits per heavy atom. The van der Waals surface area contributed by atoms with Crippen LogP contribution in [0.4, 0.5) is 0 Å². The van der Waals surface area contributed by atoms with Gasteiger partial charge in [0.15, 0.2) is 0 Å². The van der Waals surface area contributed by atoms with Gasteiger partial charge in [0, 0.05) is 0 Å². The summed E-state index contributed by atoms with van der Waals surface area (Å²) in [6.07, 6.45) is 3.46. The molecule has 0 spiro atoms. The summed E-state index contributed by atoms with van der Waals surface area (Å²) in [6, 6.07) is 0. The number of hydrogen-bond acceptors (Lipinski definition) is 1. The molecule has 0 heterocycles. The largest absolute Gasteiger partial charge is 0.505 e. The van der Waals surface area contributed by atoms with E-state index >= 15 is 0 Å². The van der Waals surface area contributed by atoms with Gasteiger partial charge in [-0.3, -0.25) is 0 Å². The SMILES string of the molecule is C/C=C/OC. The second kappa shape index (κ2) is 3.54. The lowest BCUT2D eigenvalue weighted by molar-refractivity contribution is 0.337. The van der Waals surface area contributed by atoms with Gasteiger partial charge in [-0.1, -0.05) is 6.08 Å². The van der Waals surface area contributed by atoms with Crippen molar-refractivity contribution < 1.29 is 4.74 Å². The Balaban J connectivity index is 2.62. The van der Waals surface area contributed by atoms with Crippen molar-refractivity contribution >= 4 is 0 Å². The van der Waals surface area contributed by atoms with E-state index in [1.165, 1.54) is 0 Å². The van der Waals surface area contributed by atoms with E-state index in [2.05, 4.69) is 4.74 Å². The number of ether oxygens (including phenoxy) is 1. The first kappa shape index (κ1) is 4.54. The Bertz CT molecular complexity index is 30.6. The first-order chi connectivity index (χ1) is 2.41. The van der Waals surface area contributed by atoms with Gasteiger partial charge in [0.05, 0.1) is 13.4 Å². The van der Waals surface area contributed by atoms with E-state index in [-0.39, 0.29) is 0 Å². The minimum absolute atomic E-state index is 1.62. The summed E-state index contributed by atoms with van der Waals surface area (Å²) >= 11 is 0. The van der Waals surface area contributed by atoms with Crippen LogP contribution < -0.4 is 0 Å². The van der Waals surface area contributed by atoms with Gasteiger partial charge in [-0.05, 0) is 6.92 Å². The second-order valence-corrected chi connectivity index (χ2v) is 0.705. The van der Waals surface area contributed by atoms with E-state index in [9.17, 15) is 0 Å². The average molecular weight is 72.1 g/mol. The lowest BCUT2D eigenvalue weighted by Crippen LogP contribution is -1.57. The molecule has 0 aromatic rings. The van der Waals surface area contributed by atoms with Crippen LogP contribution >= 0.6 is 0 Å². The van der Waals surface area contributed by atoms with Crippen LogP contribution in [0.3, 0.4) is 0 Å². The van der Waals surface area contributed by atoms with Crippen molar-refractivity contribution in [3.63, 3.8) is 0 Å². The standard InChI is InChI=1S/C4H8O/c1-3-4-5-2/h3-4H,1-2H3/b4-3+. The Labute approximate surface area is 32.3 Å². The predicted octanol–water partition coefficient (Wildman–Crippen LogP) is 1.17. The molecule has 0 aromatic carbocycles. The van der Waals surface area contributed by atoms with E-state index in [4.69, 9.17) is 0 Å². The maximum atomic E-state index is 4.51. The molecule has 5 heavy (non-hydrogen) atoms. The topological polar surface area (TPSA) is 9.23 Å². The molecule has 1 nitrogen and oxygen atoms in total. The third kappa shape index (κ3) is 3.54. The van der Waals surface area contributed by atoms with Crippen LogP contribution in [-0.2, 0) is 4.74 Å². The fourth-order valence-corrected chi connectivity index (χ4v) is 0.136. The Hall–Kier alpha value is -0.460. The van der Waals surface area contributed by atoms with Crippen LogP contribution in [0.15, 0.2) is 12.3 Å². The maximum Gasteiger partial charge on any atom is 0.0781 e. The van der Waals surface area contributed by atoms with Gasteiger partial charge >= 0.3 is 0 Å². The first-order valence-electron chi connectivity index (χ1n) is 1.55. The van der Waals surface area contributed by atoms with Crippen LogP contribution in [0.1, 0.15) is 6.92 Å². The summed E-state index contributed by atoms with van der Waals surface area (Å²) in [7, 11) is 1.62. The van der Waals surface area contributed by atoms with Crippen molar-refractivity contribution in [3.05, 3.63) is 12.3 Å². The smallest absolute Gasteiger partial charge is 0.0781 e. The van der Waals surface area contributed by atoms with Crippen molar-refractivity contribution in [2.75, 3.05) is 7.11 Å². The zero-order chi connectivity index (χ0) is 4.12. The van der Waals surface area contributed by atoms with Crippen molar-refractivity contribution in [2.24, 2.45) is 0 Å². The van der Waals surface area contributed by atoms with Crippen molar-refractivity contribution in [3.8, 4) is 0 Å². The minimum Gasteiger partial charge on any atom is -0.505 e. The highest BCUT2D eigenvalue weighted by Gasteiger charge is 1.47. The average Bonchev–Trinajstić information content (AvgIpc) is 1.41. The molecule has 0 saturated carbocycles. The van der Waals surface area contributed by atoms with E-state index in [0.29, 0.717) is 0 Å². The third-order valence-electron chi connectivity index (χ3n) is 0.272. The molecule has 1 heteroatoms. The lowest BCUT2D eigenvalue weighted by atomic mass is 10.7. The number of methoxy groups -OCH3 is 1. The van der Waals surface area contributed by atoms with Gasteiger partial charge in [-0.2, -0.15) is 0 Å². The van der Waals surface area contributed by atoms with Crippen LogP contribution in [0.5, 0.6) is 0 Å². The summed E-state index contributed by atoms with van der Waals surface area (Å²) in [5, 5.41) is 0. The van der Waals surface area contributed by atoms with Crippen LogP contribution in [0, 0.1) is 0 Å². The Morgan fingerprint density at radius 1 is 1.60 bits per heavy atom. The zero-order valence-corrected chi connectivity index (χ0v) is 3.56. The molecule has 0 saturated heterocycles. The number of allylic oxidation sites excluding steroid dienone is 1. The molecule has 0 rings (SSSR count). The molecule has 0 radical (unpaired) electrons. The van der Waals surface area contributed by atoms with Gasteiger partial charge in [-0.15, -0.1) is 0 Å². The van der Waals surface area contributed by atoms with Crippen LogP contribution in [0.25, 0.3) is 0 Å².